The average Bonchev–Trinajstić information content (AvgIpc) is 2.66. The van der Waals surface area contributed by atoms with E-state index in [1.165, 1.54) is 12.0 Å². The van der Waals surface area contributed by atoms with Gasteiger partial charge in [0.1, 0.15) is 5.78 Å². The van der Waals surface area contributed by atoms with Gasteiger partial charge in [0.15, 0.2) is 0 Å². The highest BCUT2D eigenvalue weighted by atomic mass is 16.1. The Kier molecular flexibility index (Phi) is 3.67. The standard InChI is InChI=1S/C13H18N2O/c1-11(16)9-13-3-2-8-15(13)10-12-4-6-14-7-5-12/h4-7,13H,2-3,8-10H2,1H3. The van der Waals surface area contributed by atoms with E-state index >= 15 is 0 Å². The summed E-state index contributed by atoms with van der Waals surface area (Å²) < 4.78 is 0. The van der Waals surface area contributed by atoms with E-state index in [0.29, 0.717) is 18.2 Å². The van der Waals surface area contributed by atoms with Crippen LogP contribution in [0.2, 0.25) is 0 Å². The molecule has 86 valence electrons. The van der Waals surface area contributed by atoms with Gasteiger partial charge in [-0.05, 0) is 44.0 Å². The highest BCUT2D eigenvalue weighted by Crippen LogP contribution is 2.22. The van der Waals surface area contributed by atoms with Crippen molar-refractivity contribution >= 4 is 5.78 Å². The van der Waals surface area contributed by atoms with Gasteiger partial charge in [0.2, 0.25) is 0 Å². The molecular formula is C13H18N2O. The van der Waals surface area contributed by atoms with E-state index in [2.05, 4.69) is 9.88 Å². The lowest BCUT2D eigenvalue weighted by Gasteiger charge is -2.23. The van der Waals surface area contributed by atoms with Crippen molar-refractivity contribution in [3.05, 3.63) is 30.1 Å². The van der Waals surface area contributed by atoms with Crippen molar-refractivity contribution in [1.29, 1.82) is 0 Å². The van der Waals surface area contributed by atoms with Crippen LogP contribution in [0.5, 0.6) is 0 Å². The fraction of sp³-hybridized carbons (Fsp3) is 0.538. The number of aromatic nitrogens is 1. The Morgan fingerprint density at radius 2 is 2.25 bits per heavy atom. The summed E-state index contributed by atoms with van der Waals surface area (Å²) in [6.45, 7) is 3.74. The molecule has 0 bridgehead atoms. The van der Waals surface area contributed by atoms with Crippen LogP contribution in [0.3, 0.4) is 0 Å². The smallest absolute Gasteiger partial charge is 0.131 e. The summed E-state index contributed by atoms with van der Waals surface area (Å²) in [4.78, 5) is 17.6. The Hall–Kier alpha value is -1.22. The summed E-state index contributed by atoms with van der Waals surface area (Å²) in [6, 6.07) is 4.54. The monoisotopic (exact) mass is 218 g/mol. The van der Waals surface area contributed by atoms with Gasteiger partial charge in [0.05, 0.1) is 0 Å². The lowest BCUT2D eigenvalue weighted by atomic mass is 10.1. The topological polar surface area (TPSA) is 33.2 Å². The number of carbonyl (C=O) groups excluding carboxylic acids is 1. The van der Waals surface area contributed by atoms with Crippen molar-refractivity contribution in [2.24, 2.45) is 0 Å². The number of pyridine rings is 1. The first-order valence-corrected chi connectivity index (χ1v) is 5.88. The van der Waals surface area contributed by atoms with Gasteiger partial charge >= 0.3 is 0 Å². The molecule has 1 saturated heterocycles. The number of hydrogen-bond donors (Lipinski definition) is 0. The predicted octanol–water partition coefficient (Wildman–Crippen LogP) is 2.03. The fourth-order valence-corrected chi connectivity index (χ4v) is 2.39. The van der Waals surface area contributed by atoms with Crippen molar-refractivity contribution in [3.8, 4) is 0 Å². The lowest BCUT2D eigenvalue weighted by molar-refractivity contribution is -0.118. The number of rotatable bonds is 4. The third kappa shape index (κ3) is 2.89. The van der Waals surface area contributed by atoms with Crippen LogP contribution < -0.4 is 0 Å². The second-order valence-electron chi connectivity index (χ2n) is 4.53. The highest BCUT2D eigenvalue weighted by molar-refractivity contribution is 5.76. The first kappa shape index (κ1) is 11.3. The zero-order valence-corrected chi connectivity index (χ0v) is 9.72. The predicted molar refractivity (Wildman–Crippen MR) is 63.0 cm³/mol. The molecule has 1 aromatic heterocycles. The van der Waals surface area contributed by atoms with Crippen molar-refractivity contribution < 1.29 is 4.79 Å². The summed E-state index contributed by atoms with van der Waals surface area (Å²) in [5.41, 5.74) is 1.28. The number of nitrogens with zero attached hydrogens (tertiary/aromatic N) is 2. The number of likely N-dealkylation sites (tertiary alicyclic amines) is 1. The summed E-state index contributed by atoms with van der Waals surface area (Å²) in [5, 5.41) is 0. The molecule has 0 aliphatic carbocycles. The second kappa shape index (κ2) is 5.21. The van der Waals surface area contributed by atoms with E-state index in [1.807, 2.05) is 24.5 Å². The molecule has 1 fully saturated rings. The third-order valence-corrected chi connectivity index (χ3v) is 3.16. The number of hydrogen-bond acceptors (Lipinski definition) is 3. The Balaban J connectivity index is 1.96. The summed E-state index contributed by atoms with van der Waals surface area (Å²) >= 11 is 0. The van der Waals surface area contributed by atoms with Gasteiger partial charge in [-0.15, -0.1) is 0 Å². The van der Waals surface area contributed by atoms with Crippen molar-refractivity contribution in [2.75, 3.05) is 6.54 Å². The highest BCUT2D eigenvalue weighted by Gasteiger charge is 2.25. The Morgan fingerprint density at radius 1 is 1.50 bits per heavy atom. The number of ketones is 1. The SMILES string of the molecule is CC(=O)CC1CCCN1Cc1ccncc1. The van der Waals surface area contributed by atoms with Crippen LogP contribution in [0, 0.1) is 0 Å². The molecule has 0 aromatic carbocycles. The minimum Gasteiger partial charge on any atom is -0.300 e. The molecule has 3 nitrogen and oxygen atoms in total. The van der Waals surface area contributed by atoms with Crippen molar-refractivity contribution in [2.45, 2.75) is 38.8 Å². The average molecular weight is 218 g/mol. The first-order valence-electron chi connectivity index (χ1n) is 5.88. The maximum atomic E-state index is 11.2. The lowest BCUT2D eigenvalue weighted by Crippen LogP contribution is -2.30. The van der Waals surface area contributed by atoms with Crippen LogP contribution in [0.4, 0.5) is 0 Å². The molecule has 16 heavy (non-hydrogen) atoms. The van der Waals surface area contributed by atoms with Crippen LogP contribution in [-0.4, -0.2) is 28.3 Å². The molecule has 2 heterocycles. The van der Waals surface area contributed by atoms with Crippen LogP contribution in [0.1, 0.15) is 31.7 Å². The van der Waals surface area contributed by atoms with E-state index in [9.17, 15) is 4.79 Å². The van der Waals surface area contributed by atoms with Gasteiger partial charge < -0.3 is 0 Å². The molecule has 1 aliphatic heterocycles. The maximum Gasteiger partial charge on any atom is 0.131 e. The van der Waals surface area contributed by atoms with Gasteiger partial charge in [-0.1, -0.05) is 0 Å². The van der Waals surface area contributed by atoms with Gasteiger partial charge in [-0.3, -0.25) is 14.7 Å². The number of Topliss-reactive ketones (excluding diaryl/α,β-unsaturated/α-hetero) is 1. The van der Waals surface area contributed by atoms with Crippen LogP contribution in [0.25, 0.3) is 0 Å². The molecule has 0 spiro atoms. The minimum atomic E-state index is 0.298. The second-order valence-corrected chi connectivity index (χ2v) is 4.53. The van der Waals surface area contributed by atoms with Gasteiger partial charge in [-0.2, -0.15) is 0 Å². The Morgan fingerprint density at radius 3 is 2.94 bits per heavy atom. The van der Waals surface area contributed by atoms with Gasteiger partial charge in [-0.25, -0.2) is 0 Å². The van der Waals surface area contributed by atoms with Crippen LogP contribution in [-0.2, 0) is 11.3 Å². The normalized spacial score (nSPS) is 21.2. The fourth-order valence-electron chi connectivity index (χ4n) is 2.39. The third-order valence-electron chi connectivity index (χ3n) is 3.16. The van der Waals surface area contributed by atoms with E-state index in [4.69, 9.17) is 0 Å². The molecule has 0 amide bonds. The molecule has 0 radical (unpaired) electrons. The zero-order valence-electron chi connectivity index (χ0n) is 9.72. The molecule has 2 rings (SSSR count). The van der Waals surface area contributed by atoms with Gasteiger partial charge in [0.25, 0.3) is 0 Å². The molecule has 1 unspecified atom stereocenters. The quantitative estimate of drug-likeness (QED) is 0.775. The summed E-state index contributed by atoms with van der Waals surface area (Å²) in [5.74, 6) is 0.298. The van der Waals surface area contributed by atoms with E-state index in [1.54, 1.807) is 6.92 Å². The first-order chi connectivity index (χ1) is 7.75. The largest absolute Gasteiger partial charge is 0.300 e. The van der Waals surface area contributed by atoms with Gasteiger partial charge in [0, 0.05) is 31.4 Å². The van der Waals surface area contributed by atoms with E-state index in [0.717, 1.165) is 19.5 Å². The summed E-state index contributed by atoms with van der Waals surface area (Å²) in [6.07, 6.45) is 6.72. The van der Waals surface area contributed by atoms with Crippen LogP contribution in [0.15, 0.2) is 24.5 Å². The Bertz CT molecular complexity index is 350. The van der Waals surface area contributed by atoms with Crippen molar-refractivity contribution in [1.82, 2.24) is 9.88 Å². The van der Waals surface area contributed by atoms with Crippen LogP contribution >= 0.6 is 0 Å². The minimum absolute atomic E-state index is 0.298. The van der Waals surface area contributed by atoms with E-state index in [-0.39, 0.29) is 0 Å². The number of carbonyl (C=O) groups is 1. The molecule has 3 heteroatoms. The molecule has 1 aliphatic rings. The Labute approximate surface area is 96.5 Å². The van der Waals surface area contributed by atoms with Crippen molar-refractivity contribution in [3.63, 3.8) is 0 Å². The van der Waals surface area contributed by atoms with E-state index < -0.39 is 0 Å². The molecular weight excluding hydrogens is 200 g/mol. The molecule has 1 atom stereocenters. The zero-order chi connectivity index (χ0) is 11.4. The maximum absolute atomic E-state index is 11.2. The molecule has 0 saturated carbocycles. The molecule has 1 aromatic rings. The molecule has 0 N–H and O–H groups in total. The summed E-state index contributed by atoms with van der Waals surface area (Å²) in [7, 11) is 0.